The second-order valence-electron chi connectivity index (χ2n) is 7.51. The summed E-state index contributed by atoms with van der Waals surface area (Å²) in [6.07, 6.45) is 0. The van der Waals surface area contributed by atoms with Gasteiger partial charge in [-0.3, -0.25) is 9.36 Å². The maximum absolute atomic E-state index is 14.4. The molecule has 2 N–H and O–H groups in total. The molecule has 3 heterocycles. The molecule has 0 aliphatic rings. The zero-order valence-electron chi connectivity index (χ0n) is 18.0. The van der Waals surface area contributed by atoms with E-state index in [1.54, 1.807) is 14.1 Å². The highest BCUT2D eigenvalue weighted by atomic mass is 32.1. The number of nitrogens with zero attached hydrogens (tertiary/aromatic N) is 5. The zero-order valence-corrected chi connectivity index (χ0v) is 18.8. The average molecular weight is 474 g/mol. The number of nitrogen functional groups attached to an aromatic ring is 1. The number of thiophene rings is 1. The Bertz CT molecular complexity index is 1440. The normalized spacial score (nSPS) is 11.5. The van der Waals surface area contributed by atoms with Crippen molar-refractivity contribution < 1.29 is 13.5 Å². The topological polar surface area (TPSA) is 108 Å². The number of nitrogens with two attached hydrogens (primary N) is 1. The molecule has 0 atom stereocenters. The molecule has 0 aliphatic carbocycles. The summed E-state index contributed by atoms with van der Waals surface area (Å²) < 4.78 is 35.8. The van der Waals surface area contributed by atoms with Crippen LogP contribution in [0.4, 0.5) is 13.8 Å². The molecule has 9 nitrogen and oxygen atoms in total. The molecule has 0 unspecified atom stereocenters. The third-order valence-corrected chi connectivity index (χ3v) is 6.10. The van der Waals surface area contributed by atoms with Gasteiger partial charge in [-0.1, -0.05) is 17.4 Å². The van der Waals surface area contributed by atoms with E-state index in [0.29, 0.717) is 17.1 Å². The van der Waals surface area contributed by atoms with Crippen molar-refractivity contribution in [2.24, 2.45) is 0 Å². The molecule has 0 saturated heterocycles. The number of hydrogen-bond donors (Lipinski definition) is 1. The van der Waals surface area contributed by atoms with E-state index in [0.717, 1.165) is 32.6 Å². The van der Waals surface area contributed by atoms with Crippen molar-refractivity contribution in [3.63, 3.8) is 0 Å². The second-order valence-corrected chi connectivity index (χ2v) is 8.54. The van der Waals surface area contributed by atoms with E-state index in [1.807, 2.05) is 4.90 Å². The Balaban J connectivity index is 2.07. The Labute approximate surface area is 190 Å². The van der Waals surface area contributed by atoms with Crippen molar-refractivity contribution in [2.75, 3.05) is 26.9 Å². The lowest BCUT2D eigenvalue weighted by Crippen LogP contribution is -2.39. The first-order valence-electron chi connectivity index (χ1n) is 9.75. The van der Waals surface area contributed by atoms with Crippen molar-refractivity contribution in [2.45, 2.75) is 13.1 Å². The third kappa shape index (κ3) is 3.98. The Hall–Kier alpha value is -3.64. The van der Waals surface area contributed by atoms with Gasteiger partial charge in [0.15, 0.2) is 5.82 Å². The molecule has 0 saturated carbocycles. The molecule has 0 aliphatic heterocycles. The Kier molecular flexibility index (Phi) is 5.95. The van der Waals surface area contributed by atoms with Gasteiger partial charge in [-0.05, 0) is 32.3 Å². The molecule has 4 rings (SSSR count). The van der Waals surface area contributed by atoms with E-state index in [2.05, 4.69) is 10.2 Å². The molecule has 1 aromatic carbocycles. The van der Waals surface area contributed by atoms with Crippen LogP contribution in [0.3, 0.4) is 0 Å². The summed E-state index contributed by atoms with van der Waals surface area (Å²) in [5.41, 5.74) is 4.93. The first kappa shape index (κ1) is 22.6. The van der Waals surface area contributed by atoms with Gasteiger partial charge < -0.3 is 15.4 Å². The molecule has 0 fully saturated rings. The fraction of sp³-hybridized carbons (Fsp3) is 0.238. The van der Waals surface area contributed by atoms with Crippen LogP contribution in [0.1, 0.15) is 11.1 Å². The minimum Gasteiger partial charge on any atom is -0.480 e. The molecule has 3 aromatic heterocycles. The summed E-state index contributed by atoms with van der Waals surface area (Å²) in [6, 6.07) is 6.29. The number of fused-ring (bicyclic) bond motifs is 1. The van der Waals surface area contributed by atoms with Crippen LogP contribution >= 0.6 is 11.3 Å². The van der Waals surface area contributed by atoms with Gasteiger partial charge >= 0.3 is 5.69 Å². The van der Waals surface area contributed by atoms with Gasteiger partial charge in [-0.2, -0.15) is 0 Å². The summed E-state index contributed by atoms with van der Waals surface area (Å²) in [6.45, 7) is -0.124. The molecule has 0 bridgehead atoms. The van der Waals surface area contributed by atoms with Gasteiger partial charge in [0.05, 0.1) is 24.0 Å². The molecule has 0 spiro atoms. The number of methoxy groups -OCH3 is 1. The fourth-order valence-corrected chi connectivity index (χ4v) is 4.55. The molecule has 0 radical (unpaired) electrons. The van der Waals surface area contributed by atoms with Crippen LogP contribution in [0.25, 0.3) is 16.0 Å². The van der Waals surface area contributed by atoms with Crippen molar-refractivity contribution in [1.82, 2.24) is 24.2 Å². The van der Waals surface area contributed by atoms with E-state index >= 15 is 0 Å². The van der Waals surface area contributed by atoms with Crippen LogP contribution < -0.4 is 21.7 Å². The highest BCUT2D eigenvalue weighted by molar-refractivity contribution is 7.22. The summed E-state index contributed by atoms with van der Waals surface area (Å²) >= 11 is 1.02. The number of hydrogen-bond acceptors (Lipinski definition) is 8. The molecular weight excluding hydrogens is 454 g/mol. The van der Waals surface area contributed by atoms with Crippen LogP contribution in [-0.4, -0.2) is 45.4 Å². The first-order valence-corrected chi connectivity index (χ1v) is 10.6. The average Bonchev–Trinajstić information content (AvgIpc) is 3.09. The maximum atomic E-state index is 14.4. The van der Waals surface area contributed by atoms with Crippen molar-refractivity contribution in [3.8, 4) is 11.7 Å². The number of halogens is 2. The van der Waals surface area contributed by atoms with Gasteiger partial charge in [-0.25, -0.2) is 18.1 Å². The lowest BCUT2D eigenvalue weighted by Gasteiger charge is -2.14. The van der Waals surface area contributed by atoms with Gasteiger partial charge in [0.1, 0.15) is 16.5 Å². The highest BCUT2D eigenvalue weighted by Crippen LogP contribution is 2.32. The summed E-state index contributed by atoms with van der Waals surface area (Å²) in [7, 11) is 5.02. The molecule has 33 heavy (non-hydrogen) atoms. The zero-order chi connectivity index (χ0) is 23.9. The third-order valence-electron chi connectivity index (χ3n) is 5.02. The predicted molar refractivity (Wildman–Crippen MR) is 121 cm³/mol. The lowest BCUT2D eigenvalue weighted by molar-refractivity contribution is 0.391. The smallest absolute Gasteiger partial charge is 0.338 e. The van der Waals surface area contributed by atoms with Gasteiger partial charge in [0.25, 0.3) is 5.56 Å². The summed E-state index contributed by atoms with van der Waals surface area (Å²) in [5, 5.41) is 8.25. The van der Waals surface area contributed by atoms with Crippen molar-refractivity contribution in [3.05, 3.63) is 73.9 Å². The van der Waals surface area contributed by atoms with E-state index in [-0.39, 0.29) is 27.5 Å². The molecule has 0 amide bonds. The quantitative estimate of drug-likeness (QED) is 0.455. The number of aromatic nitrogens is 4. The van der Waals surface area contributed by atoms with E-state index < -0.39 is 29.4 Å². The van der Waals surface area contributed by atoms with Gasteiger partial charge in [0.2, 0.25) is 5.88 Å². The summed E-state index contributed by atoms with van der Waals surface area (Å²) in [4.78, 5) is 29.0. The monoisotopic (exact) mass is 474 g/mol. The lowest BCUT2D eigenvalue weighted by atomic mass is 10.2. The summed E-state index contributed by atoms with van der Waals surface area (Å²) in [5.74, 6) is -1.49. The molecular formula is C21H20F2N6O3S. The number of anilines is 1. The number of rotatable bonds is 6. The van der Waals surface area contributed by atoms with Gasteiger partial charge in [0, 0.05) is 23.7 Å². The van der Waals surface area contributed by atoms with Crippen LogP contribution in [0.2, 0.25) is 0 Å². The number of ether oxygens (including phenoxy) is 1. The van der Waals surface area contributed by atoms with Crippen LogP contribution in [-0.2, 0) is 13.1 Å². The molecule has 12 heteroatoms. The van der Waals surface area contributed by atoms with E-state index in [1.165, 1.54) is 25.3 Å². The Morgan fingerprint density at radius 1 is 1.09 bits per heavy atom. The van der Waals surface area contributed by atoms with Gasteiger partial charge in [-0.15, -0.1) is 10.2 Å². The minimum absolute atomic E-state index is 0.0592. The largest absolute Gasteiger partial charge is 0.480 e. The van der Waals surface area contributed by atoms with Crippen LogP contribution in [0, 0.1) is 11.6 Å². The van der Waals surface area contributed by atoms with E-state index in [9.17, 15) is 18.4 Å². The SMILES string of the molecule is COc1ccc(-n2c(=O)c3c(CN(C)C)c(N)sc3n(Cc3c(F)cccc3F)c2=O)nn1. The van der Waals surface area contributed by atoms with Crippen LogP contribution in [0.5, 0.6) is 5.88 Å². The van der Waals surface area contributed by atoms with Crippen LogP contribution in [0.15, 0.2) is 39.9 Å². The predicted octanol–water partition coefficient (Wildman–Crippen LogP) is 1.98. The number of benzene rings is 1. The molecule has 172 valence electrons. The minimum atomic E-state index is -0.827. The highest BCUT2D eigenvalue weighted by Gasteiger charge is 2.24. The van der Waals surface area contributed by atoms with E-state index in [4.69, 9.17) is 10.5 Å². The Morgan fingerprint density at radius 2 is 1.79 bits per heavy atom. The fourth-order valence-electron chi connectivity index (χ4n) is 3.48. The molecule has 4 aromatic rings. The first-order chi connectivity index (χ1) is 15.7. The maximum Gasteiger partial charge on any atom is 0.338 e. The van der Waals surface area contributed by atoms with Crippen molar-refractivity contribution in [1.29, 1.82) is 0 Å². The van der Waals surface area contributed by atoms with Crippen molar-refractivity contribution >= 4 is 26.6 Å². The Morgan fingerprint density at radius 3 is 2.36 bits per heavy atom. The standard InChI is InChI=1S/C21H20F2N6O3S/c1-27(2)9-12-17-19(30)29(15-7-8-16(32-3)26-25-15)21(31)28(20(17)33-18(12)24)10-11-13(22)5-4-6-14(11)23/h4-8H,9-10,24H2,1-3H3. The second kappa shape index (κ2) is 8.71.